The fourth-order valence-corrected chi connectivity index (χ4v) is 6.14. The molecular formula is C17H23Br2N3O2S. The van der Waals surface area contributed by atoms with Crippen molar-refractivity contribution in [2.75, 3.05) is 13.1 Å². The molecule has 0 N–H and O–H groups in total. The van der Waals surface area contributed by atoms with Crippen LogP contribution in [0.1, 0.15) is 33.6 Å². The standard InChI is InChI=1S/C17H23Br2N3O2S/c1-12(2)6-7-22(15-8-13(3)21(10-15)11-20)25(23,24)17-9-14(18)4-5-16(17)19/h4-5,9,12-13,15H,6-8,10H2,1-3H3/t13-,15-/m0/s1. The van der Waals surface area contributed by atoms with Crippen LogP contribution in [0.5, 0.6) is 0 Å². The summed E-state index contributed by atoms with van der Waals surface area (Å²) in [4.78, 5) is 1.92. The zero-order valence-corrected chi connectivity index (χ0v) is 18.6. The maximum absolute atomic E-state index is 13.4. The van der Waals surface area contributed by atoms with Crippen molar-refractivity contribution < 1.29 is 8.42 Å². The minimum absolute atomic E-state index is 0.0534. The number of rotatable bonds is 6. The fraction of sp³-hybridized carbons (Fsp3) is 0.588. The maximum atomic E-state index is 13.4. The number of hydrogen-bond donors (Lipinski definition) is 0. The Morgan fingerprint density at radius 2 is 2.08 bits per heavy atom. The third-order valence-corrected chi connectivity index (χ3v) is 7.93. The van der Waals surface area contributed by atoms with Gasteiger partial charge in [-0.1, -0.05) is 29.8 Å². The first-order chi connectivity index (χ1) is 11.7. The van der Waals surface area contributed by atoms with Crippen LogP contribution in [0.2, 0.25) is 0 Å². The molecule has 1 aliphatic heterocycles. The van der Waals surface area contributed by atoms with Gasteiger partial charge in [-0.3, -0.25) is 0 Å². The predicted molar refractivity (Wildman–Crippen MR) is 105 cm³/mol. The molecule has 0 spiro atoms. The molecule has 5 nitrogen and oxygen atoms in total. The Morgan fingerprint density at radius 1 is 1.40 bits per heavy atom. The summed E-state index contributed by atoms with van der Waals surface area (Å²) in [6.45, 7) is 7.03. The highest BCUT2D eigenvalue weighted by atomic mass is 79.9. The first-order valence-corrected chi connectivity index (χ1v) is 11.3. The first kappa shape index (κ1) is 20.7. The van der Waals surface area contributed by atoms with Crippen molar-refractivity contribution in [1.29, 1.82) is 5.26 Å². The lowest BCUT2D eigenvalue weighted by molar-refractivity contribution is 0.303. The quantitative estimate of drug-likeness (QED) is 0.558. The van der Waals surface area contributed by atoms with E-state index in [0.29, 0.717) is 29.9 Å². The minimum Gasteiger partial charge on any atom is -0.306 e. The van der Waals surface area contributed by atoms with Gasteiger partial charge in [0.1, 0.15) is 0 Å². The van der Waals surface area contributed by atoms with Crippen LogP contribution in [-0.4, -0.2) is 42.8 Å². The molecule has 1 saturated heterocycles. The molecule has 0 radical (unpaired) electrons. The molecule has 1 aromatic rings. The van der Waals surface area contributed by atoms with Crippen LogP contribution in [0.15, 0.2) is 32.0 Å². The molecule has 0 amide bonds. The summed E-state index contributed by atoms with van der Waals surface area (Å²) in [6.07, 6.45) is 3.61. The van der Waals surface area contributed by atoms with Crippen LogP contribution in [-0.2, 0) is 10.0 Å². The van der Waals surface area contributed by atoms with Crippen LogP contribution in [0.3, 0.4) is 0 Å². The zero-order chi connectivity index (χ0) is 18.8. The summed E-state index contributed by atoms with van der Waals surface area (Å²) in [5.74, 6) is 0.398. The van der Waals surface area contributed by atoms with Crippen molar-refractivity contribution in [1.82, 2.24) is 9.21 Å². The fourth-order valence-electron chi connectivity index (χ4n) is 3.04. The second-order valence-corrected chi connectivity index (χ2v) is 10.5. The molecule has 0 aromatic heterocycles. The second-order valence-electron chi connectivity index (χ2n) is 6.86. The van der Waals surface area contributed by atoms with Gasteiger partial charge in [-0.15, -0.1) is 0 Å². The predicted octanol–water partition coefficient (Wildman–Crippen LogP) is 4.19. The summed E-state index contributed by atoms with van der Waals surface area (Å²) in [6, 6.07) is 5.02. The molecule has 1 heterocycles. The topological polar surface area (TPSA) is 64.4 Å². The van der Waals surface area contributed by atoms with Crippen molar-refractivity contribution in [3.63, 3.8) is 0 Å². The van der Waals surface area contributed by atoms with Crippen LogP contribution in [0.4, 0.5) is 0 Å². The Labute approximate surface area is 167 Å². The van der Waals surface area contributed by atoms with Gasteiger partial charge < -0.3 is 4.90 Å². The smallest absolute Gasteiger partial charge is 0.244 e. The molecule has 0 bridgehead atoms. The monoisotopic (exact) mass is 491 g/mol. The number of sulfonamides is 1. The number of benzene rings is 1. The lowest BCUT2D eigenvalue weighted by Crippen LogP contribution is -2.42. The van der Waals surface area contributed by atoms with Gasteiger partial charge in [0.05, 0.1) is 4.90 Å². The summed E-state index contributed by atoms with van der Waals surface area (Å²) in [5.41, 5.74) is 0. The second kappa shape index (κ2) is 8.38. The van der Waals surface area contributed by atoms with Crippen molar-refractivity contribution in [2.45, 2.75) is 50.6 Å². The lowest BCUT2D eigenvalue weighted by Gasteiger charge is -2.29. The maximum Gasteiger partial charge on any atom is 0.244 e. The zero-order valence-electron chi connectivity index (χ0n) is 14.6. The number of nitrogens with zero attached hydrogens (tertiary/aromatic N) is 3. The van der Waals surface area contributed by atoms with E-state index in [4.69, 9.17) is 0 Å². The lowest BCUT2D eigenvalue weighted by atomic mass is 10.1. The third-order valence-electron chi connectivity index (χ3n) is 4.50. The minimum atomic E-state index is -3.67. The van der Waals surface area contributed by atoms with E-state index in [-0.39, 0.29) is 17.0 Å². The van der Waals surface area contributed by atoms with Crippen LogP contribution >= 0.6 is 31.9 Å². The normalized spacial score (nSPS) is 21.1. The molecule has 25 heavy (non-hydrogen) atoms. The van der Waals surface area contributed by atoms with E-state index in [1.165, 1.54) is 0 Å². The van der Waals surface area contributed by atoms with Gasteiger partial charge in [-0.2, -0.15) is 9.57 Å². The van der Waals surface area contributed by atoms with E-state index in [0.717, 1.165) is 10.9 Å². The van der Waals surface area contributed by atoms with Gasteiger partial charge in [0.15, 0.2) is 6.19 Å². The Kier molecular flexibility index (Phi) is 6.94. The molecule has 0 aliphatic carbocycles. The highest BCUT2D eigenvalue weighted by molar-refractivity contribution is 9.11. The summed E-state index contributed by atoms with van der Waals surface area (Å²) in [7, 11) is -3.67. The van der Waals surface area contributed by atoms with Gasteiger partial charge in [0.2, 0.25) is 10.0 Å². The van der Waals surface area contributed by atoms with Crippen LogP contribution < -0.4 is 0 Å². The summed E-state index contributed by atoms with van der Waals surface area (Å²) >= 11 is 6.73. The average Bonchev–Trinajstić information content (AvgIpc) is 2.89. The molecule has 0 saturated carbocycles. The van der Waals surface area contributed by atoms with Crippen molar-refractivity contribution in [2.24, 2.45) is 5.92 Å². The first-order valence-electron chi connectivity index (χ1n) is 8.30. The average molecular weight is 493 g/mol. The van der Waals surface area contributed by atoms with Crippen molar-refractivity contribution in [3.8, 4) is 6.19 Å². The summed E-state index contributed by atoms with van der Waals surface area (Å²) < 4.78 is 29.6. The van der Waals surface area contributed by atoms with Crippen molar-refractivity contribution in [3.05, 3.63) is 27.1 Å². The SMILES string of the molecule is CC(C)CCN([C@H]1C[C@H](C)N(C#N)C1)S(=O)(=O)c1cc(Br)ccc1Br. The Balaban J connectivity index is 2.41. The third kappa shape index (κ3) is 4.76. The molecule has 8 heteroatoms. The number of hydrogen-bond acceptors (Lipinski definition) is 4. The highest BCUT2D eigenvalue weighted by Gasteiger charge is 2.39. The number of likely N-dealkylation sites (tertiary alicyclic amines) is 1. The van der Waals surface area contributed by atoms with E-state index in [1.54, 1.807) is 27.4 Å². The van der Waals surface area contributed by atoms with Crippen molar-refractivity contribution >= 4 is 41.9 Å². The molecule has 0 unspecified atom stereocenters. The molecule has 1 fully saturated rings. The van der Waals surface area contributed by atoms with Crippen LogP contribution in [0.25, 0.3) is 0 Å². The van der Waals surface area contributed by atoms with E-state index < -0.39 is 10.0 Å². The number of halogens is 2. The Bertz CT molecular complexity index is 762. The molecule has 2 atom stereocenters. The van der Waals surface area contributed by atoms with Gasteiger partial charge in [0, 0.05) is 34.1 Å². The Hall–Kier alpha value is -0.620. The van der Waals surface area contributed by atoms with Gasteiger partial charge in [0.25, 0.3) is 0 Å². The molecule has 138 valence electrons. The van der Waals surface area contributed by atoms with E-state index in [1.807, 2.05) is 6.92 Å². The molecule has 1 aliphatic rings. The molecular weight excluding hydrogens is 470 g/mol. The van der Waals surface area contributed by atoms with E-state index >= 15 is 0 Å². The largest absolute Gasteiger partial charge is 0.306 e. The Morgan fingerprint density at radius 3 is 2.64 bits per heavy atom. The molecule has 2 rings (SSSR count). The van der Waals surface area contributed by atoms with Crippen LogP contribution in [0, 0.1) is 17.4 Å². The van der Waals surface area contributed by atoms with E-state index in [2.05, 4.69) is 51.9 Å². The van der Waals surface area contributed by atoms with Gasteiger partial charge >= 0.3 is 0 Å². The van der Waals surface area contributed by atoms with Gasteiger partial charge in [-0.25, -0.2) is 8.42 Å². The molecule has 1 aromatic carbocycles. The van der Waals surface area contributed by atoms with E-state index in [9.17, 15) is 13.7 Å². The van der Waals surface area contributed by atoms with Gasteiger partial charge in [-0.05, 0) is 59.8 Å². The summed E-state index contributed by atoms with van der Waals surface area (Å²) in [5, 5.41) is 9.25. The highest BCUT2D eigenvalue weighted by Crippen LogP contribution is 2.32. The number of nitriles is 1.